The van der Waals surface area contributed by atoms with E-state index in [0.29, 0.717) is 17.0 Å². The smallest absolute Gasteiger partial charge is 0.341 e. The van der Waals surface area contributed by atoms with Gasteiger partial charge in [-0.15, -0.1) is 0 Å². The maximum atomic E-state index is 11.3. The summed E-state index contributed by atoms with van der Waals surface area (Å²) in [7, 11) is 0. The molecule has 0 spiro atoms. The molecule has 1 aromatic carbocycles. The second-order valence-electron chi connectivity index (χ2n) is 4.33. The molecule has 22 heavy (non-hydrogen) atoms. The molecule has 3 N–H and O–H groups in total. The molecular formula is C14H14N4O4. The van der Waals surface area contributed by atoms with E-state index < -0.39 is 12.6 Å². The van der Waals surface area contributed by atoms with Crippen molar-refractivity contribution < 1.29 is 14.6 Å². The summed E-state index contributed by atoms with van der Waals surface area (Å²) >= 11 is 0. The lowest BCUT2D eigenvalue weighted by molar-refractivity contribution is -0.139. The van der Waals surface area contributed by atoms with Crippen LogP contribution < -0.4 is 15.7 Å². The average Bonchev–Trinajstić information content (AvgIpc) is 2.45. The van der Waals surface area contributed by atoms with Crippen molar-refractivity contribution in [1.29, 1.82) is 0 Å². The highest BCUT2D eigenvalue weighted by Gasteiger charge is 2.03. The molecule has 0 bridgehead atoms. The number of ether oxygens (including phenoxy) is 1. The van der Waals surface area contributed by atoms with Gasteiger partial charge >= 0.3 is 5.97 Å². The molecule has 0 aliphatic rings. The van der Waals surface area contributed by atoms with Crippen molar-refractivity contribution in [3.63, 3.8) is 0 Å². The number of H-pyrrole nitrogens is 1. The third-order valence-electron chi connectivity index (χ3n) is 2.51. The van der Waals surface area contributed by atoms with Crippen LogP contribution >= 0.6 is 0 Å². The van der Waals surface area contributed by atoms with Crippen molar-refractivity contribution >= 4 is 18.1 Å². The Morgan fingerprint density at radius 2 is 2.27 bits per heavy atom. The molecule has 0 aliphatic carbocycles. The number of rotatable bonds is 6. The van der Waals surface area contributed by atoms with E-state index in [1.54, 1.807) is 31.2 Å². The summed E-state index contributed by atoms with van der Waals surface area (Å²) in [4.78, 5) is 28.4. The number of hydrogen-bond donors (Lipinski definition) is 3. The zero-order valence-corrected chi connectivity index (χ0v) is 11.7. The van der Waals surface area contributed by atoms with E-state index in [1.165, 1.54) is 12.3 Å². The summed E-state index contributed by atoms with van der Waals surface area (Å²) in [6, 6.07) is 8.21. The number of aromatic nitrogens is 2. The number of aliphatic carboxylic acids is 1. The maximum absolute atomic E-state index is 11.3. The molecule has 2 aromatic rings. The molecule has 2 rings (SSSR count). The predicted molar refractivity (Wildman–Crippen MR) is 80.4 cm³/mol. The number of aryl methyl sites for hydroxylation is 1. The average molecular weight is 302 g/mol. The van der Waals surface area contributed by atoms with E-state index in [1.807, 2.05) is 0 Å². The van der Waals surface area contributed by atoms with Gasteiger partial charge in [-0.25, -0.2) is 15.2 Å². The Morgan fingerprint density at radius 3 is 3.00 bits per heavy atom. The topological polar surface area (TPSA) is 117 Å². The number of hydrogen-bond acceptors (Lipinski definition) is 6. The van der Waals surface area contributed by atoms with E-state index in [2.05, 4.69) is 20.5 Å². The molecule has 0 saturated heterocycles. The molecule has 0 amide bonds. The fraction of sp³-hybridized carbons (Fsp3) is 0.143. The zero-order chi connectivity index (χ0) is 15.9. The van der Waals surface area contributed by atoms with Crippen LogP contribution in [0.1, 0.15) is 11.3 Å². The molecule has 1 heterocycles. The minimum absolute atomic E-state index is 0.213. The lowest BCUT2D eigenvalue weighted by Crippen LogP contribution is -2.11. The van der Waals surface area contributed by atoms with Gasteiger partial charge in [-0.05, 0) is 19.1 Å². The lowest BCUT2D eigenvalue weighted by atomic mass is 10.2. The van der Waals surface area contributed by atoms with Gasteiger partial charge in [0.1, 0.15) is 5.75 Å². The number of benzene rings is 1. The molecule has 8 nitrogen and oxygen atoms in total. The molecule has 0 atom stereocenters. The molecule has 0 radical (unpaired) electrons. The highest BCUT2D eigenvalue weighted by Crippen LogP contribution is 2.15. The van der Waals surface area contributed by atoms with Crippen LogP contribution in [0.4, 0.5) is 5.95 Å². The third-order valence-corrected chi connectivity index (χ3v) is 2.51. The Kier molecular flexibility index (Phi) is 4.86. The van der Waals surface area contributed by atoms with Crippen LogP contribution in [0, 0.1) is 6.92 Å². The Bertz CT molecular complexity index is 755. The zero-order valence-electron chi connectivity index (χ0n) is 11.7. The molecule has 114 valence electrons. The van der Waals surface area contributed by atoms with E-state index in [9.17, 15) is 9.59 Å². The van der Waals surface area contributed by atoms with Crippen LogP contribution in [0.25, 0.3) is 0 Å². The predicted octanol–water partition coefficient (Wildman–Crippen LogP) is 0.988. The van der Waals surface area contributed by atoms with E-state index in [4.69, 9.17) is 9.84 Å². The molecule has 0 aliphatic heterocycles. The molecular weight excluding hydrogens is 288 g/mol. The fourth-order valence-electron chi connectivity index (χ4n) is 1.65. The minimum Gasteiger partial charge on any atom is -0.481 e. The first-order valence-electron chi connectivity index (χ1n) is 6.35. The fourth-order valence-corrected chi connectivity index (χ4v) is 1.65. The molecule has 0 saturated carbocycles. The van der Waals surface area contributed by atoms with Crippen LogP contribution in [0.2, 0.25) is 0 Å². The highest BCUT2D eigenvalue weighted by atomic mass is 16.5. The van der Waals surface area contributed by atoms with E-state index in [0.717, 1.165) is 0 Å². The van der Waals surface area contributed by atoms with E-state index >= 15 is 0 Å². The number of aromatic amines is 1. The van der Waals surface area contributed by atoms with Crippen LogP contribution in [0.5, 0.6) is 5.75 Å². The Hall–Kier alpha value is -3.16. The Balaban J connectivity index is 2.09. The molecule has 0 fully saturated rings. The third kappa shape index (κ3) is 4.44. The number of carboxylic acid groups (broad SMARTS) is 1. The largest absolute Gasteiger partial charge is 0.481 e. The monoisotopic (exact) mass is 302 g/mol. The van der Waals surface area contributed by atoms with Crippen molar-refractivity contribution in [1.82, 2.24) is 9.97 Å². The summed E-state index contributed by atoms with van der Waals surface area (Å²) in [6.45, 7) is 1.25. The van der Waals surface area contributed by atoms with Gasteiger partial charge in [0.15, 0.2) is 6.61 Å². The van der Waals surface area contributed by atoms with Crippen LogP contribution in [0.3, 0.4) is 0 Å². The van der Waals surface area contributed by atoms with Gasteiger partial charge in [0.25, 0.3) is 5.56 Å². The van der Waals surface area contributed by atoms with Gasteiger partial charge in [-0.3, -0.25) is 9.78 Å². The number of anilines is 1. The van der Waals surface area contributed by atoms with Crippen molar-refractivity contribution in [2.24, 2.45) is 5.10 Å². The van der Waals surface area contributed by atoms with Gasteiger partial charge in [-0.1, -0.05) is 12.1 Å². The number of hydrazone groups is 1. The van der Waals surface area contributed by atoms with Crippen molar-refractivity contribution in [2.45, 2.75) is 6.92 Å². The molecule has 1 aromatic heterocycles. The van der Waals surface area contributed by atoms with Crippen LogP contribution in [-0.4, -0.2) is 33.9 Å². The lowest BCUT2D eigenvalue weighted by Gasteiger charge is -2.06. The number of carboxylic acids is 1. The summed E-state index contributed by atoms with van der Waals surface area (Å²) in [6.07, 6.45) is 1.44. The number of carbonyl (C=O) groups is 1. The van der Waals surface area contributed by atoms with Gasteiger partial charge in [0, 0.05) is 17.3 Å². The Labute approximate surface area is 125 Å². The van der Waals surface area contributed by atoms with Crippen LogP contribution in [0.15, 0.2) is 40.2 Å². The second kappa shape index (κ2) is 7.02. The van der Waals surface area contributed by atoms with Crippen molar-refractivity contribution in [2.75, 3.05) is 12.0 Å². The van der Waals surface area contributed by atoms with Crippen LogP contribution in [-0.2, 0) is 4.79 Å². The first-order valence-corrected chi connectivity index (χ1v) is 6.35. The highest BCUT2D eigenvalue weighted by molar-refractivity contribution is 5.84. The Morgan fingerprint density at radius 1 is 1.50 bits per heavy atom. The standard InChI is InChI=1S/C14H14N4O4/c1-9-6-12(19)17-14(16-9)18-15-7-10-4-2-3-5-11(10)22-8-13(20)21/h2-7H,8H2,1H3,(H,20,21)(H2,16,17,18,19)/b15-7-. The summed E-state index contributed by atoms with van der Waals surface area (Å²) < 4.78 is 5.15. The number of nitrogens with zero attached hydrogens (tertiary/aromatic N) is 2. The summed E-state index contributed by atoms with van der Waals surface area (Å²) in [5, 5.41) is 12.6. The van der Waals surface area contributed by atoms with Gasteiger partial charge in [0.05, 0.1) is 6.21 Å². The summed E-state index contributed by atoms with van der Waals surface area (Å²) in [5.74, 6) is -0.460. The first kappa shape index (κ1) is 15.2. The maximum Gasteiger partial charge on any atom is 0.341 e. The van der Waals surface area contributed by atoms with Gasteiger partial charge in [0.2, 0.25) is 5.95 Å². The normalized spacial score (nSPS) is 10.6. The van der Waals surface area contributed by atoms with E-state index in [-0.39, 0.29) is 11.5 Å². The second-order valence-corrected chi connectivity index (χ2v) is 4.33. The van der Waals surface area contributed by atoms with Gasteiger partial charge in [-0.2, -0.15) is 5.10 Å². The van der Waals surface area contributed by atoms with Crippen molar-refractivity contribution in [3.05, 3.63) is 51.9 Å². The van der Waals surface area contributed by atoms with Gasteiger partial charge < -0.3 is 9.84 Å². The number of nitrogens with one attached hydrogen (secondary N) is 2. The quantitative estimate of drug-likeness (QED) is 0.541. The number of para-hydroxylation sites is 1. The van der Waals surface area contributed by atoms with Crippen molar-refractivity contribution in [3.8, 4) is 5.75 Å². The first-order chi connectivity index (χ1) is 10.5. The minimum atomic E-state index is -1.06. The SMILES string of the molecule is Cc1cc(=O)[nH]c(N/N=C\c2ccccc2OCC(=O)O)n1. The molecule has 0 unspecified atom stereocenters. The molecule has 8 heteroatoms. The summed E-state index contributed by atoms with van der Waals surface area (Å²) in [5.41, 5.74) is 3.47.